The van der Waals surface area contributed by atoms with Gasteiger partial charge in [0, 0.05) is 22.6 Å². The Morgan fingerprint density at radius 1 is 1.32 bits per heavy atom. The Hall–Kier alpha value is -2.22. The Labute approximate surface area is 146 Å². The zero-order valence-electron chi connectivity index (χ0n) is 14.6. The minimum Gasteiger partial charge on any atom is -0.454 e. The number of hydrogen-bond donors (Lipinski definition) is 1. The standard InChI is InChI=1S/C17H21NO6S/c1-9-15(11(3)19)10(2)18-16(9)17(21)12(4)24-14(20)7-13-5-6-25(22,23)8-13/h5-6,12-13,18H,7-8H2,1-4H3/t12-,13-/m1/s1. The zero-order chi connectivity index (χ0) is 18.9. The molecule has 2 rings (SSSR count). The fourth-order valence-corrected chi connectivity index (χ4v) is 4.41. The second kappa shape index (κ2) is 6.95. The summed E-state index contributed by atoms with van der Waals surface area (Å²) in [4.78, 5) is 39.0. The summed E-state index contributed by atoms with van der Waals surface area (Å²) >= 11 is 0. The maximum atomic E-state index is 12.5. The number of ether oxygens (including phenoxy) is 1. The second-order valence-electron chi connectivity index (χ2n) is 6.30. The third-order valence-electron chi connectivity index (χ3n) is 4.15. The highest BCUT2D eigenvalue weighted by Crippen LogP contribution is 2.22. The van der Waals surface area contributed by atoms with E-state index in [1.54, 1.807) is 13.8 Å². The second-order valence-corrected chi connectivity index (χ2v) is 8.23. The van der Waals surface area contributed by atoms with Crippen LogP contribution in [0, 0.1) is 19.8 Å². The number of aryl methyl sites for hydroxylation is 1. The van der Waals surface area contributed by atoms with Gasteiger partial charge < -0.3 is 9.72 Å². The number of ketones is 2. The van der Waals surface area contributed by atoms with Gasteiger partial charge in [-0.1, -0.05) is 6.08 Å². The lowest BCUT2D eigenvalue weighted by Gasteiger charge is -2.13. The topological polar surface area (TPSA) is 110 Å². The minimum absolute atomic E-state index is 0.102. The van der Waals surface area contributed by atoms with Gasteiger partial charge in [0.1, 0.15) is 0 Å². The van der Waals surface area contributed by atoms with Crippen molar-refractivity contribution < 1.29 is 27.5 Å². The molecule has 0 unspecified atom stereocenters. The molecule has 8 heteroatoms. The monoisotopic (exact) mass is 367 g/mol. The van der Waals surface area contributed by atoms with Gasteiger partial charge in [0.15, 0.2) is 21.7 Å². The van der Waals surface area contributed by atoms with E-state index in [0.29, 0.717) is 16.8 Å². The lowest BCUT2D eigenvalue weighted by atomic mass is 10.0. The summed E-state index contributed by atoms with van der Waals surface area (Å²) in [5.41, 5.74) is 1.82. The van der Waals surface area contributed by atoms with Crippen molar-refractivity contribution in [2.45, 2.75) is 40.2 Å². The number of esters is 1. The van der Waals surface area contributed by atoms with E-state index in [2.05, 4.69) is 4.98 Å². The summed E-state index contributed by atoms with van der Waals surface area (Å²) < 4.78 is 27.8. The Kier molecular flexibility index (Phi) is 5.31. The van der Waals surface area contributed by atoms with Crippen molar-refractivity contribution in [1.29, 1.82) is 0 Å². The summed E-state index contributed by atoms with van der Waals surface area (Å²) in [7, 11) is -3.24. The Morgan fingerprint density at radius 3 is 2.44 bits per heavy atom. The number of H-pyrrole nitrogens is 1. The fourth-order valence-electron chi connectivity index (χ4n) is 3.01. The molecule has 0 aliphatic carbocycles. The molecule has 0 radical (unpaired) electrons. The molecule has 7 nitrogen and oxygen atoms in total. The number of aromatic amines is 1. The number of nitrogens with one attached hydrogen (secondary N) is 1. The van der Waals surface area contributed by atoms with Crippen LogP contribution in [-0.4, -0.2) is 42.8 Å². The molecule has 0 saturated carbocycles. The van der Waals surface area contributed by atoms with E-state index in [9.17, 15) is 22.8 Å². The molecule has 1 aliphatic heterocycles. The van der Waals surface area contributed by atoms with E-state index >= 15 is 0 Å². The van der Waals surface area contributed by atoms with Crippen LogP contribution in [0.3, 0.4) is 0 Å². The van der Waals surface area contributed by atoms with Gasteiger partial charge in [-0.2, -0.15) is 0 Å². The molecule has 25 heavy (non-hydrogen) atoms. The molecule has 0 spiro atoms. The van der Waals surface area contributed by atoms with Crippen LogP contribution in [0.15, 0.2) is 11.5 Å². The predicted octanol–water partition coefficient (Wildman–Crippen LogP) is 1.90. The summed E-state index contributed by atoms with van der Waals surface area (Å²) in [6.45, 7) is 6.23. The van der Waals surface area contributed by atoms with Crippen molar-refractivity contribution in [1.82, 2.24) is 4.98 Å². The van der Waals surface area contributed by atoms with Crippen molar-refractivity contribution in [3.05, 3.63) is 34.0 Å². The van der Waals surface area contributed by atoms with Crippen molar-refractivity contribution in [2.24, 2.45) is 5.92 Å². The van der Waals surface area contributed by atoms with Gasteiger partial charge in [0.05, 0.1) is 17.9 Å². The van der Waals surface area contributed by atoms with Crippen LogP contribution in [0.1, 0.15) is 52.4 Å². The van der Waals surface area contributed by atoms with E-state index < -0.39 is 33.6 Å². The van der Waals surface area contributed by atoms with Gasteiger partial charge in [-0.3, -0.25) is 14.4 Å². The molecule has 0 saturated heterocycles. The third kappa shape index (κ3) is 4.25. The van der Waals surface area contributed by atoms with E-state index in [1.807, 2.05) is 0 Å². The van der Waals surface area contributed by atoms with Crippen LogP contribution < -0.4 is 0 Å². The van der Waals surface area contributed by atoms with Gasteiger partial charge in [0.25, 0.3) is 0 Å². The number of carbonyl (C=O) groups is 3. The van der Waals surface area contributed by atoms with E-state index in [0.717, 1.165) is 5.41 Å². The van der Waals surface area contributed by atoms with Gasteiger partial charge in [-0.05, 0) is 33.3 Å². The smallest absolute Gasteiger partial charge is 0.307 e. The molecule has 1 N–H and O–H groups in total. The molecule has 1 aromatic heterocycles. The molecule has 1 aliphatic rings. The van der Waals surface area contributed by atoms with Crippen LogP contribution in [0.4, 0.5) is 0 Å². The average Bonchev–Trinajstić information content (AvgIpc) is 2.96. The molecule has 0 fully saturated rings. The van der Waals surface area contributed by atoms with Crippen molar-refractivity contribution in [2.75, 3.05) is 5.75 Å². The average molecular weight is 367 g/mol. The van der Waals surface area contributed by atoms with Crippen LogP contribution >= 0.6 is 0 Å². The molecule has 0 amide bonds. The zero-order valence-corrected chi connectivity index (χ0v) is 15.4. The van der Waals surface area contributed by atoms with E-state index in [4.69, 9.17) is 4.74 Å². The molecule has 136 valence electrons. The summed E-state index contributed by atoms with van der Waals surface area (Å²) in [5, 5.41) is 1.09. The molecule has 2 heterocycles. The van der Waals surface area contributed by atoms with Crippen molar-refractivity contribution in [3.63, 3.8) is 0 Å². The number of rotatable bonds is 6. The summed E-state index contributed by atoms with van der Waals surface area (Å²) in [6, 6.07) is 0. The molecular formula is C17H21NO6S. The largest absolute Gasteiger partial charge is 0.454 e. The maximum absolute atomic E-state index is 12.5. The number of sulfone groups is 1. The quantitative estimate of drug-likeness (QED) is 0.607. The first-order valence-corrected chi connectivity index (χ1v) is 9.58. The highest BCUT2D eigenvalue weighted by atomic mass is 32.2. The number of Topliss-reactive ketones (excluding diaryl/α,β-unsaturated/α-hetero) is 2. The first kappa shape index (κ1) is 19.1. The summed E-state index contributed by atoms with van der Waals surface area (Å²) in [5.74, 6) is -1.78. The maximum Gasteiger partial charge on any atom is 0.307 e. The Balaban J connectivity index is 2.03. The first-order chi connectivity index (χ1) is 11.5. The van der Waals surface area contributed by atoms with Crippen LogP contribution in [0.5, 0.6) is 0 Å². The van der Waals surface area contributed by atoms with Crippen molar-refractivity contribution in [3.8, 4) is 0 Å². The highest BCUT2D eigenvalue weighted by molar-refractivity contribution is 7.94. The molecule has 0 bridgehead atoms. The number of allylic oxidation sites excluding steroid dienone is 1. The first-order valence-electron chi connectivity index (χ1n) is 7.86. The van der Waals surface area contributed by atoms with Crippen LogP contribution in [0.2, 0.25) is 0 Å². The SMILES string of the molecule is CC(=O)c1c(C)[nH]c(C(=O)[C@@H](C)OC(=O)C[C@H]2C=CS(=O)(=O)C2)c1C. The van der Waals surface area contributed by atoms with Crippen LogP contribution in [-0.2, 0) is 19.4 Å². The lowest BCUT2D eigenvalue weighted by Crippen LogP contribution is -2.26. The fraction of sp³-hybridized carbons (Fsp3) is 0.471. The lowest BCUT2D eigenvalue weighted by molar-refractivity contribution is -0.146. The number of hydrogen-bond acceptors (Lipinski definition) is 6. The van der Waals surface area contributed by atoms with E-state index in [1.165, 1.54) is 19.9 Å². The van der Waals surface area contributed by atoms with Gasteiger partial charge in [-0.15, -0.1) is 0 Å². The number of carbonyl (C=O) groups excluding carboxylic acids is 3. The van der Waals surface area contributed by atoms with E-state index in [-0.39, 0.29) is 23.7 Å². The van der Waals surface area contributed by atoms with Crippen molar-refractivity contribution >= 4 is 27.4 Å². The summed E-state index contributed by atoms with van der Waals surface area (Å²) in [6.07, 6.45) is 0.321. The van der Waals surface area contributed by atoms with Gasteiger partial charge in [-0.25, -0.2) is 8.42 Å². The predicted molar refractivity (Wildman–Crippen MR) is 91.2 cm³/mol. The normalized spacial score (nSPS) is 19.6. The van der Waals surface area contributed by atoms with Crippen LogP contribution in [0.25, 0.3) is 0 Å². The number of aromatic nitrogens is 1. The van der Waals surface area contributed by atoms with Gasteiger partial charge >= 0.3 is 5.97 Å². The Morgan fingerprint density at radius 2 is 1.96 bits per heavy atom. The van der Waals surface area contributed by atoms with Gasteiger partial charge in [0.2, 0.25) is 5.78 Å². The third-order valence-corrected chi connectivity index (χ3v) is 5.61. The Bertz CT molecular complexity index is 862. The molecule has 2 atom stereocenters. The molecule has 1 aromatic rings. The minimum atomic E-state index is -3.24. The highest BCUT2D eigenvalue weighted by Gasteiger charge is 2.28. The molecular weight excluding hydrogens is 346 g/mol. The molecule has 0 aromatic carbocycles.